The minimum absolute atomic E-state index is 0.156. The van der Waals surface area contributed by atoms with Crippen LogP contribution in [-0.2, 0) is 26.1 Å². The van der Waals surface area contributed by atoms with Crippen molar-refractivity contribution in [1.29, 1.82) is 0 Å². The van der Waals surface area contributed by atoms with E-state index in [-0.39, 0.29) is 16.8 Å². The first-order valence-corrected chi connectivity index (χ1v) is 12.6. The number of hydrogen-bond acceptors (Lipinski definition) is 8. The van der Waals surface area contributed by atoms with Crippen molar-refractivity contribution in [2.45, 2.75) is 31.3 Å². The standard InChI is InChI=1S/C22H31N5O5S/c1-17-14-20(24-32-17)16-25-6-8-26(9-7-25)18(2)22(28)23-19-4-3-5-21(15-19)33(29,30)27-10-12-31-13-11-27/h3-5,14-15,18H,6-13,16H2,1-2H3,(H,23,28)/t18-/m1/s1. The molecule has 0 radical (unpaired) electrons. The van der Waals surface area contributed by atoms with E-state index < -0.39 is 10.0 Å². The van der Waals surface area contributed by atoms with Crippen molar-refractivity contribution >= 4 is 21.6 Å². The molecule has 0 spiro atoms. The number of nitrogens with zero attached hydrogens (tertiary/aromatic N) is 4. The number of sulfonamides is 1. The van der Waals surface area contributed by atoms with E-state index in [4.69, 9.17) is 9.26 Å². The molecule has 11 heteroatoms. The highest BCUT2D eigenvalue weighted by Crippen LogP contribution is 2.21. The van der Waals surface area contributed by atoms with Gasteiger partial charge in [0.25, 0.3) is 0 Å². The number of amides is 1. The summed E-state index contributed by atoms with van der Waals surface area (Å²) in [5, 5.41) is 6.93. The number of aromatic nitrogens is 1. The molecule has 10 nitrogen and oxygen atoms in total. The average molecular weight is 478 g/mol. The van der Waals surface area contributed by atoms with Gasteiger partial charge < -0.3 is 14.6 Å². The van der Waals surface area contributed by atoms with Gasteiger partial charge in [-0.25, -0.2) is 8.42 Å². The van der Waals surface area contributed by atoms with Gasteiger partial charge in [-0.2, -0.15) is 4.31 Å². The number of morpholine rings is 1. The third kappa shape index (κ3) is 5.79. The van der Waals surface area contributed by atoms with E-state index in [9.17, 15) is 13.2 Å². The van der Waals surface area contributed by atoms with Crippen molar-refractivity contribution in [2.75, 3.05) is 57.8 Å². The minimum Gasteiger partial charge on any atom is -0.379 e. The molecular weight excluding hydrogens is 446 g/mol. The predicted molar refractivity (Wildman–Crippen MR) is 122 cm³/mol. The minimum atomic E-state index is -3.62. The molecule has 2 fully saturated rings. The van der Waals surface area contributed by atoms with Gasteiger partial charge in [0.2, 0.25) is 15.9 Å². The lowest BCUT2D eigenvalue weighted by Crippen LogP contribution is -2.52. The second kappa shape index (κ2) is 10.3. The number of benzene rings is 1. The maximum absolute atomic E-state index is 12.9. The second-order valence-corrected chi connectivity index (χ2v) is 10.4. The summed E-state index contributed by atoms with van der Waals surface area (Å²) >= 11 is 0. The van der Waals surface area contributed by atoms with E-state index in [0.29, 0.717) is 32.0 Å². The summed E-state index contributed by atoms with van der Waals surface area (Å²) in [5.41, 5.74) is 1.39. The highest BCUT2D eigenvalue weighted by molar-refractivity contribution is 7.89. The Morgan fingerprint density at radius 3 is 2.52 bits per heavy atom. The van der Waals surface area contributed by atoms with Crippen LogP contribution in [0, 0.1) is 6.92 Å². The lowest BCUT2D eigenvalue weighted by atomic mass is 10.2. The average Bonchev–Trinajstić information content (AvgIpc) is 3.24. The van der Waals surface area contributed by atoms with Crippen LogP contribution in [0.2, 0.25) is 0 Å². The monoisotopic (exact) mass is 477 g/mol. The lowest BCUT2D eigenvalue weighted by Gasteiger charge is -2.37. The molecule has 0 unspecified atom stereocenters. The highest BCUT2D eigenvalue weighted by atomic mass is 32.2. The number of rotatable bonds is 7. The van der Waals surface area contributed by atoms with Gasteiger partial charge in [0, 0.05) is 57.6 Å². The van der Waals surface area contributed by atoms with E-state index in [2.05, 4.69) is 20.3 Å². The van der Waals surface area contributed by atoms with Gasteiger partial charge in [-0.3, -0.25) is 14.6 Å². The molecule has 2 aliphatic rings. The molecule has 0 aliphatic carbocycles. The molecule has 1 aromatic heterocycles. The van der Waals surface area contributed by atoms with Gasteiger partial charge in [0.15, 0.2) is 0 Å². The summed E-state index contributed by atoms with van der Waals surface area (Å²) in [6.07, 6.45) is 0. The number of piperazine rings is 1. The third-order valence-electron chi connectivity index (χ3n) is 6.11. The van der Waals surface area contributed by atoms with Crippen LogP contribution in [-0.4, -0.2) is 92.1 Å². The van der Waals surface area contributed by atoms with E-state index in [1.807, 2.05) is 19.9 Å². The van der Waals surface area contributed by atoms with Crippen LogP contribution in [0.3, 0.4) is 0 Å². The fourth-order valence-electron chi connectivity index (χ4n) is 4.11. The Hall–Kier alpha value is -2.31. The molecule has 1 N–H and O–H groups in total. The van der Waals surface area contributed by atoms with Crippen molar-refractivity contribution < 1.29 is 22.5 Å². The van der Waals surface area contributed by atoms with E-state index in [0.717, 1.165) is 44.2 Å². The molecule has 33 heavy (non-hydrogen) atoms. The van der Waals surface area contributed by atoms with E-state index in [1.54, 1.807) is 18.2 Å². The van der Waals surface area contributed by atoms with Gasteiger partial charge >= 0.3 is 0 Å². The number of carbonyl (C=O) groups is 1. The topological polar surface area (TPSA) is 108 Å². The first kappa shape index (κ1) is 23.8. The Morgan fingerprint density at radius 2 is 1.85 bits per heavy atom. The largest absolute Gasteiger partial charge is 0.379 e. The van der Waals surface area contributed by atoms with Crippen LogP contribution in [0.15, 0.2) is 39.8 Å². The fraction of sp³-hybridized carbons (Fsp3) is 0.545. The van der Waals surface area contributed by atoms with Gasteiger partial charge in [0.05, 0.1) is 29.8 Å². The SMILES string of the molecule is Cc1cc(CN2CCN([C@H](C)C(=O)Nc3cccc(S(=O)(=O)N4CCOCC4)c3)CC2)no1. The third-order valence-corrected chi connectivity index (χ3v) is 8.00. The van der Waals surface area contributed by atoms with Crippen molar-refractivity contribution in [3.05, 3.63) is 41.8 Å². The molecule has 2 aromatic rings. The molecule has 1 aromatic carbocycles. The fourth-order valence-corrected chi connectivity index (χ4v) is 5.57. The molecule has 3 heterocycles. The number of anilines is 1. The summed E-state index contributed by atoms with van der Waals surface area (Å²) < 4.78 is 37.6. The molecule has 180 valence electrons. The molecule has 2 saturated heterocycles. The van der Waals surface area contributed by atoms with Crippen LogP contribution in [0.1, 0.15) is 18.4 Å². The first-order valence-electron chi connectivity index (χ1n) is 11.2. The Balaban J connectivity index is 1.32. The molecular formula is C22H31N5O5S. The number of hydrogen-bond donors (Lipinski definition) is 1. The molecule has 1 atom stereocenters. The highest BCUT2D eigenvalue weighted by Gasteiger charge is 2.28. The van der Waals surface area contributed by atoms with Crippen molar-refractivity contribution in [3.8, 4) is 0 Å². The Labute approximate surface area is 194 Å². The maximum atomic E-state index is 12.9. The molecule has 0 bridgehead atoms. The summed E-state index contributed by atoms with van der Waals surface area (Å²) in [7, 11) is -3.62. The maximum Gasteiger partial charge on any atom is 0.243 e. The lowest BCUT2D eigenvalue weighted by molar-refractivity contribution is -0.121. The zero-order chi connectivity index (χ0) is 23.4. The van der Waals surface area contributed by atoms with Gasteiger partial charge in [0.1, 0.15) is 5.76 Å². The number of carbonyl (C=O) groups excluding carboxylic acids is 1. The summed E-state index contributed by atoms with van der Waals surface area (Å²) in [5.74, 6) is 0.646. The first-order chi connectivity index (χ1) is 15.8. The van der Waals surface area contributed by atoms with Gasteiger partial charge in [-0.15, -0.1) is 0 Å². The van der Waals surface area contributed by atoms with Crippen molar-refractivity contribution in [3.63, 3.8) is 0 Å². The van der Waals surface area contributed by atoms with Crippen molar-refractivity contribution in [1.82, 2.24) is 19.3 Å². The molecule has 4 rings (SSSR count). The zero-order valence-corrected chi connectivity index (χ0v) is 19.9. The Kier molecular flexibility index (Phi) is 7.45. The summed E-state index contributed by atoms with van der Waals surface area (Å²) in [6, 6.07) is 8.04. The zero-order valence-electron chi connectivity index (χ0n) is 19.1. The van der Waals surface area contributed by atoms with Crippen LogP contribution < -0.4 is 5.32 Å². The Bertz CT molecular complexity index is 1060. The molecule has 0 saturated carbocycles. The smallest absolute Gasteiger partial charge is 0.243 e. The van der Waals surface area contributed by atoms with Crippen molar-refractivity contribution in [2.24, 2.45) is 0 Å². The number of nitrogens with one attached hydrogen (secondary N) is 1. The van der Waals surface area contributed by atoms with Gasteiger partial charge in [-0.05, 0) is 32.0 Å². The van der Waals surface area contributed by atoms with E-state index >= 15 is 0 Å². The molecule has 1 amide bonds. The van der Waals surface area contributed by atoms with Crippen LogP contribution in [0.4, 0.5) is 5.69 Å². The van der Waals surface area contributed by atoms with Crippen LogP contribution in [0.25, 0.3) is 0 Å². The normalized spacial score (nSPS) is 19.9. The predicted octanol–water partition coefficient (Wildman–Crippen LogP) is 1.15. The number of aryl methyl sites for hydroxylation is 1. The number of ether oxygens (including phenoxy) is 1. The Morgan fingerprint density at radius 1 is 1.12 bits per heavy atom. The summed E-state index contributed by atoms with van der Waals surface area (Å²) in [4.78, 5) is 17.5. The molecule has 2 aliphatic heterocycles. The summed E-state index contributed by atoms with van der Waals surface area (Å²) in [6.45, 7) is 9.11. The second-order valence-electron chi connectivity index (χ2n) is 8.45. The van der Waals surface area contributed by atoms with Gasteiger partial charge in [-0.1, -0.05) is 11.2 Å². The van der Waals surface area contributed by atoms with E-state index in [1.165, 1.54) is 10.4 Å². The van der Waals surface area contributed by atoms with Crippen LogP contribution >= 0.6 is 0 Å². The quantitative estimate of drug-likeness (QED) is 0.633. The van der Waals surface area contributed by atoms with Crippen LogP contribution in [0.5, 0.6) is 0 Å².